The second kappa shape index (κ2) is 6.29. The Bertz CT molecular complexity index is 620. The lowest BCUT2D eigenvalue weighted by Gasteiger charge is -2.19. The molecule has 0 aliphatic carbocycles. The minimum absolute atomic E-state index is 0.224. The maximum atomic E-state index is 6.43. The van der Waals surface area contributed by atoms with Gasteiger partial charge in [0.05, 0.1) is 13.2 Å². The van der Waals surface area contributed by atoms with Crippen molar-refractivity contribution in [3.05, 3.63) is 61.5 Å². The second-order valence-corrected chi connectivity index (χ2v) is 6.64. The van der Waals surface area contributed by atoms with E-state index >= 15 is 0 Å². The molecule has 0 aliphatic heterocycles. The summed E-state index contributed by atoms with van der Waals surface area (Å²) in [6.07, 6.45) is 0. The van der Waals surface area contributed by atoms with E-state index in [1.54, 1.807) is 7.11 Å². The fourth-order valence-corrected chi connectivity index (χ4v) is 3.59. The first-order valence-corrected chi connectivity index (χ1v) is 7.88. The van der Waals surface area contributed by atoms with Gasteiger partial charge in [0, 0.05) is 14.5 Å². The van der Waals surface area contributed by atoms with Gasteiger partial charge in [0.1, 0.15) is 5.75 Å². The highest BCUT2D eigenvalue weighted by molar-refractivity contribution is 9.11. The van der Waals surface area contributed by atoms with Crippen LogP contribution >= 0.6 is 31.9 Å². The minimum Gasteiger partial charge on any atom is -0.496 e. The van der Waals surface area contributed by atoms with E-state index in [1.807, 2.05) is 24.3 Å². The van der Waals surface area contributed by atoms with Gasteiger partial charge in [-0.25, -0.2) is 0 Å². The maximum absolute atomic E-state index is 6.43. The molecular weight excluding hydrogens is 382 g/mol. The fourth-order valence-electron chi connectivity index (χ4n) is 2.26. The lowest BCUT2D eigenvalue weighted by Crippen LogP contribution is -2.14. The van der Waals surface area contributed by atoms with Crippen LogP contribution in [0.1, 0.15) is 28.3 Å². The van der Waals surface area contributed by atoms with Crippen molar-refractivity contribution >= 4 is 31.9 Å². The van der Waals surface area contributed by atoms with Gasteiger partial charge in [-0.1, -0.05) is 44.0 Å². The molecule has 1 atom stereocenters. The monoisotopic (exact) mass is 397 g/mol. The Morgan fingerprint density at radius 1 is 1.05 bits per heavy atom. The lowest BCUT2D eigenvalue weighted by molar-refractivity contribution is 0.404. The van der Waals surface area contributed by atoms with Crippen molar-refractivity contribution in [3.8, 4) is 5.75 Å². The minimum atomic E-state index is -0.224. The van der Waals surface area contributed by atoms with Crippen LogP contribution in [0.2, 0.25) is 0 Å². The van der Waals surface area contributed by atoms with E-state index in [4.69, 9.17) is 10.5 Å². The molecule has 2 rings (SSSR count). The SMILES string of the molecule is COc1c(C(N)c2cc(Br)cc(Br)c2)ccc(C)c1C. The van der Waals surface area contributed by atoms with Crippen LogP contribution < -0.4 is 10.5 Å². The van der Waals surface area contributed by atoms with Gasteiger partial charge in [-0.2, -0.15) is 0 Å². The van der Waals surface area contributed by atoms with Crippen LogP contribution in [0.4, 0.5) is 0 Å². The van der Waals surface area contributed by atoms with Crippen molar-refractivity contribution in [2.24, 2.45) is 5.73 Å². The van der Waals surface area contributed by atoms with Crippen molar-refractivity contribution < 1.29 is 4.74 Å². The summed E-state index contributed by atoms with van der Waals surface area (Å²) < 4.78 is 7.56. The van der Waals surface area contributed by atoms with Gasteiger partial charge < -0.3 is 10.5 Å². The number of halogens is 2. The summed E-state index contributed by atoms with van der Waals surface area (Å²) in [7, 11) is 1.69. The molecule has 1 unspecified atom stereocenters. The molecule has 0 radical (unpaired) electrons. The summed E-state index contributed by atoms with van der Waals surface area (Å²) >= 11 is 7.00. The third kappa shape index (κ3) is 3.08. The van der Waals surface area contributed by atoms with E-state index < -0.39 is 0 Å². The van der Waals surface area contributed by atoms with Gasteiger partial charge in [-0.15, -0.1) is 0 Å². The van der Waals surface area contributed by atoms with Gasteiger partial charge in [-0.05, 0) is 48.7 Å². The lowest BCUT2D eigenvalue weighted by atomic mass is 9.95. The largest absolute Gasteiger partial charge is 0.496 e. The topological polar surface area (TPSA) is 35.2 Å². The number of ether oxygens (including phenoxy) is 1. The molecule has 2 N–H and O–H groups in total. The predicted molar refractivity (Wildman–Crippen MR) is 90.3 cm³/mol. The number of hydrogen-bond acceptors (Lipinski definition) is 2. The molecule has 20 heavy (non-hydrogen) atoms. The molecule has 0 aromatic heterocycles. The Balaban J connectivity index is 2.53. The molecule has 2 aromatic rings. The maximum Gasteiger partial charge on any atom is 0.127 e. The van der Waals surface area contributed by atoms with Crippen LogP contribution in [0.3, 0.4) is 0 Å². The smallest absolute Gasteiger partial charge is 0.127 e. The zero-order valence-electron chi connectivity index (χ0n) is 11.7. The average Bonchev–Trinajstić information content (AvgIpc) is 2.39. The predicted octanol–water partition coefficient (Wildman–Crippen LogP) is 4.89. The van der Waals surface area contributed by atoms with Gasteiger partial charge in [0.2, 0.25) is 0 Å². The highest BCUT2D eigenvalue weighted by Crippen LogP contribution is 2.34. The van der Waals surface area contributed by atoms with E-state index in [0.717, 1.165) is 31.4 Å². The third-order valence-corrected chi connectivity index (χ3v) is 4.41. The van der Waals surface area contributed by atoms with E-state index in [9.17, 15) is 0 Å². The van der Waals surface area contributed by atoms with Crippen molar-refractivity contribution in [3.63, 3.8) is 0 Å². The average molecular weight is 399 g/mol. The molecule has 0 amide bonds. The third-order valence-electron chi connectivity index (χ3n) is 3.49. The van der Waals surface area contributed by atoms with E-state index in [-0.39, 0.29) is 6.04 Å². The molecular formula is C16H17Br2NO. The van der Waals surface area contributed by atoms with Gasteiger partial charge in [-0.3, -0.25) is 0 Å². The first-order valence-electron chi connectivity index (χ1n) is 6.29. The zero-order chi connectivity index (χ0) is 14.9. The first kappa shape index (κ1) is 15.5. The van der Waals surface area contributed by atoms with Gasteiger partial charge in [0.15, 0.2) is 0 Å². The summed E-state index contributed by atoms with van der Waals surface area (Å²) in [4.78, 5) is 0. The Hall–Kier alpha value is -0.840. The molecule has 0 spiro atoms. The van der Waals surface area contributed by atoms with Crippen LogP contribution in [0.15, 0.2) is 39.3 Å². The Morgan fingerprint density at radius 2 is 1.65 bits per heavy atom. The Morgan fingerprint density at radius 3 is 2.20 bits per heavy atom. The fraction of sp³-hybridized carbons (Fsp3) is 0.250. The van der Waals surface area contributed by atoms with Crippen molar-refractivity contribution in [2.75, 3.05) is 7.11 Å². The van der Waals surface area contributed by atoms with Crippen LogP contribution in [-0.2, 0) is 0 Å². The van der Waals surface area contributed by atoms with Crippen molar-refractivity contribution in [2.45, 2.75) is 19.9 Å². The van der Waals surface area contributed by atoms with Gasteiger partial charge in [0.25, 0.3) is 0 Å². The van der Waals surface area contributed by atoms with E-state index in [0.29, 0.717) is 0 Å². The molecule has 2 nitrogen and oxygen atoms in total. The molecule has 0 heterocycles. The molecule has 4 heteroatoms. The summed E-state index contributed by atoms with van der Waals surface area (Å²) in [6, 6.07) is 9.96. The molecule has 0 saturated heterocycles. The first-order chi connectivity index (χ1) is 9.43. The van der Waals surface area contributed by atoms with Crippen molar-refractivity contribution in [1.29, 1.82) is 0 Å². The quantitative estimate of drug-likeness (QED) is 0.799. The van der Waals surface area contributed by atoms with Crippen molar-refractivity contribution in [1.82, 2.24) is 0 Å². The van der Waals surface area contributed by atoms with E-state index in [2.05, 4.69) is 51.8 Å². The molecule has 0 bridgehead atoms. The number of methoxy groups -OCH3 is 1. The molecule has 2 aromatic carbocycles. The van der Waals surface area contributed by atoms with E-state index in [1.165, 1.54) is 5.56 Å². The number of aryl methyl sites for hydroxylation is 1. The standard InChI is InChI=1S/C16H17Br2NO/c1-9-4-5-14(16(20-3)10(9)2)15(19)11-6-12(17)8-13(18)7-11/h4-8,15H,19H2,1-3H3. The number of nitrogens with two attached hydrogens (primary N) is 1. The van der Waals surface area contributed by atoms with Crippen LogP contribution in [0, 0.1) is 13.8 Å². The second-order valence-electron chi connectivity index (χ2n) is 4.81. The molecule has 0 fully saturated rings. The Labute approximate surface area is 136 Å². The normalized spacial score (nSPS) is 12.3. The molecule has 0 saturated carbocycles. The summed E-state index contributed by atoms with van der Waals surface area (Å²) in [5.74, 6) is 0.869. The van der Waals surface area contributed by atoms with Crippen LogP contribution in [0.25, 0.3) is 0 Å². The molecule has 106 valence electrons. The van der Waals surface area contributed by atoms with Crippen LogP contribution in [0.5, 0.6) is 5.75 Å². The zero-order valence-corrected chi connectivity index (χ0v) is 14.9. The summed E-state index contributed by atoms with van der Waals surface area (Å²) in [5.41, 5.74) is 10.8. The van der Waals surface area contributed by atoms with Gasteiger partial charge >= 0.3 is 0 Å². The summed E-state index contributed by atoms with van der Waals surface area (Å²) in [6.45, 7) is 4.13. The Kier molecular flexibility index (Phi) is 4.89. The number of rotatable bonds is 3. The summed E-state index contributed by atoms with van der Waals surface area (Å²) in [5, 5.41) is 0. The van der Waals surface area contributed by atoms with Crippen LogP contribution in [-0.4, -0.2) is 7.11 Å². The number of benzene rings is 2. The highest BCUT2D eigenvalue weighted by Gasteiger charge is 2.17. The highest BCUT2D eigenvalue weighted by atomic mass is 79.9. The molecule has 0 aliphatic rings. The number of hydrogen-bond donors (Lipinski definition) is 1.